The lowest BCUT2D eigenvalue weighted by Gasteiger charge is -2.08. The van der Waals surface area contributed by atoms with E-state index in [1.165, 1.54) is 0 Å². The van der Waals surface area contributed by atoms with E-state index < -0.39 is 0 Å². The predicted molar refractivity (Wildman–Crippen MR) is 110 cm³/mol. The molecule has 11 heteroatoms. The van der Waals surface area contributed by atoms with Crippen molar-refractivity contribution < 1.29 is 43.0 Å². The first-order valence-electron chi connectivity index (χ1n) is 9.84. The summed E-state index contributed by atoms with van der Waals surface area (Å²) in [5.41, 5.74) is 5.30. The van der Waals surface area contributed by atoms with Crippen molar-refractivity contribution in [2.75, 3.05) is 119 Å². The molecule has 0 atom stereocenters. The molecule has 178 valence electrons. The number of ether oxygens (including phenoxy) is 8. The lowest BCUT2D eigenvalue weighted by Crippen LogP contribution is -2.15. The molecular weight excluding hydrogens is 410 g/mol. The Balaban J connectivity index is 0. The zero-order valence-electron chi connectivity index (χ0n) is 17.4. The van der Waals surface area contributed by atoms with Crippen LogP contribution >= 0.6 is 12.4 Å². The van der Waals surface area contributed by atoms with Gasteiger partial charge in [0.25, 0.3) is 0 Å². The number of hydrogen-bond donors (Lipinski definition) is 2. The first-order valence-corrected chi connectivity index (χ1v) is 9.84. The molecule has 0 aromatic carbocycles. The molecule has 0 saturated heterocycles. The van der Waals surface area contributed by atoms with Crippen LogP contribution in [0.3, 0.4) is 0 Å². The molecule has 0 aliphatic heterocycles. The SMILES string of the molecule is Cl.NCCOCCOCCOCCOCCOCCOCCOCCOCCO. The minimum absolute atomic E-state index is 0. The second kappa shape index (κ2) is 30.1. The third-order valence-corrected chi connectivity index (χ3v) is 3.10. The van der Waals surface area contributed by atoms with Gasteiger partial charge in [0.15, 0.2) is 0 Å². The van der Waals surface area contributed by atoms with Crippen molar-refractivity contribution in [3.05, 3.63) is 0 Å². The zero-order valence-corrected chi connectivity index (χ0v) is 18.2. The van der Waals surface area contributed by atoms with Crippen LogP contribution in [0.15, 0.2) is 0 Å². The van der Waals surface area contributed by atoms with E-state index in [0.717, 1.165) is 0 Å². The number of nitrogens with two attached hydrogens (primary N) is 1. The third-order valence-electron chi connectivity index (χ3n) is 3.10. The number of rotatable bonds is 25. The Labute approximate surface area is 180 Å². The van der Waals surface area contributed by atoms with Gasteiger partial charge in [0.05, 0.1) is 112 Å². The van der Waals surface area contributed by atoms with Crippen molar-refractivity contribution in [1.29, 1.82) is 0 Å². The van der Waals surface area contributed by atoms with Gasteiger partial charge in [-0.3, -0.25) is 0 Å². The fraction of sp³-hybridized carbons (Fsp3) is 1.00. The fourth-order valence-electron chi connectivity index (χ4n) is 1.79. The van der Waals surface area contributed by atoms with E-state index in [2.05, 4.69) is 0 Å². The van der Waals surface area contributed by atoms with Gasteiger partial charge in [-0.1, -0.05) is 0 Å². The minimum atomic E-state index is 0. The highest BCUT2D eigenvalue weighted by atomic mass is 35.5. The molecule has 0 fully saturated rings. The number of hydrogen-bond acceptors (Lipinski definition) is 10. The van der Waals surface area contributed by atoms with Crippen molar-refractivity contribution in [3.63, 3.8) is 0 Å². The molecule has 0 aromatic heterocycles. The molecule has 0 aliphatic rings. The summed E-state index contributed by atoms with van der Waals surface area (Å²) in [6, 6.07) is 0. The van der Waals surface area contributed by atoms with Gasteiger partial charge in [-0.05, 0) is 0 Å². The van der Waals surface area contributed by atoms with E-state index in [-0.39, 0.29) is 19.0 Å². The molecular formula is C18H40ClNO9. The van der Waals surface area contributed by atoms with Crippen LogP contribution in [0.25, 0.3) is 0 Å². The van der Waals surface area contributed by atoms with Crippen molar-refractivity contribution in [3.8, 4) is 0 Å². The molecule has 0 radical (unpaired) electrons. The van der Waals surface area contributed by atoms with Gasteiger partial charge in [-0.15, -0.1) is 12.4 Å². The van der Waals surface area contributed by atoms with Crippen molar-refractivity contribution in [2.24, 2.45) is 5.73 Å². The second-order valence-electron chi connectivity index (χ2n) is 5.41. The van der Waals surface area contributed by atoms with Crippen molar-refractivity contribution in [2.45, 2.75) is 0 Å². The smallest absolute Gasteiger partial charge is 0.0701 e. The predicted octanol–water partition coefficient (Wildman–Crippen LogP) is -0.508. The highest BCUT2D eigenvalue weighted by molar-refractivity contribution is 5.85. The van der Waals surface area contributed by atoms with Crippen LogP contribution < -0.4 is 5.73 Å². The van der Waals surface area contributed by atoms with Gasteiger partial charge in [0.2, 0.25) is 0 Å². The Morgan fingerprint density at radius 1 is 0.379 bits per heavy atom. The van der Waals surface area contributed by atoms with E-state index in [0.29, 0.717) is 112 Å². The largest absolute Gasteiger partial charge is 0.394 e. The van der Waals surface area contributed by atoms with E-state index in [9.17, 15) is 0 Å². The number of aliphatic hydroxyl groups is 1. The Morgan fingerprint density at radius 2 is 0.586 bits per heavy atom. The molecule has 3 N–H and O–H groups in total. The first kappa shape index (κ1) is 31.1. The second-order valence-corrected chi connectivity index (χ2v) is 5.41. The average Bonchev–Trinajstić information content (AvgIpc) is 2.71. The zero-order chi connectivity index (χ0) is 20.4. The minimum Gasteiger partial charge on any atom is -0.394 e. The summed E-state index contributed by atoms with van der Waals surface area (Å²) < 4.78 is 42.4. The van der Waals surface area contributed by atoms with Crippen LogP contribution in [-0.4, -0.2) is 124 Å². The van der Waals surface area contributed by atoms with Crippen LogP contribution in [0.2, 0.25) is 0 Å². The molecule has 0 bridgehead atoms. The summed E-state index contributed by atoms with van der Waals surface area (Å²) in [7, 11) is 0. The van der Waals surface area contributed by atoms with Crippen LogP contribution in [0, 0.1) is 0 Å². The van der Waals surface area contributed by atoms with Gasteiger partial charge in [-0.25, -0.2) is 0 Å². The molecule has 29 heavy (non-hydrogen) atoms. The molecule has 0 amide bonds. The van der Waals surface area contributed by atoms with Crippen LogP contribution in [0.1, 0.15) is 0 Å². The molecule has 0 aliphatic carbocycles. The highest BCUT2D eigenvalue weighted by Crippen LogP contribution is 1.85. The van der Waals surface area contributed by atoms with Crippen LogP contribution in [0.5, 0.6) is 0 Å². The molecule has 0 unspecified atom stereocenters. The van der Waals surface area contributed by atoms with E-state index in [1.54, 1.807) is 0 Å². The molecule has 0 spiro atoms. The van der Waals surface area contributed by atoms with Crippen molar-refractivity contribution in [1.82, 2.24) is 0 Å². The third kappa shape index (κ3) is 30.2. The maximum absolute atomic E-state index is 8.52. The van der Waals surface area contributed by atoms with Gasteiger partial charge in [-0.2, -0.15) is 0 Å². The Kier molecular flexibility index (Phi) is 32.2. The summed E-state index contributed by atoms with van der Waals surface area (Å²) in [5, 5.41) is 8.52. The number of halogens is 1. The lowest BCUT2D eigenvalue weighted by molar-refractivity contribution is -0.0236. The summed E-state index contributed by atoms with van der Waals surface area (Å²) in [6.45, 7) is 8.79. The Morgan fingerprint density at radius 3 is 0.793 bits per heavy atom. The normalized spacial score (nSPS) is 11.0. The summed E-state index contributed by atoms with van der Waals surface area (Å²) >= 11 is 0. The van der Waals surface area contributed by atoms with E-state index >= 15 is 0 Å². The lowest BCUT2D eigenvalue weighted by atomic mass is 10.6. The van der Waals surface area contributed by atoms with E-state index in [4.69, 9.17) is 48.7 Å². The van der Waals surface area contributed by atoms with Crippen LogP contribution in [0.4, 0.5) is 0 Å². The quantitative estimate of drug-likeness (QED) is 0.176. The summed E-state index contributed by atoms with van der Waals surface area (Å²) in [6.07, 6.45) is 0. The van der Waals surface area contributed by atoms with Crippen molar-refractivity contribution >= 4 is 12.4 Å². The molecule has 0 saturated carbocycles. The average molecular weight is 450 g/mol. The Bertz CT molecular complexity index is 256. The fourth-order valence-corrected chi connectivity index (χ4v) is 1.79. The molecule has 0 heterocycles. The summed E-state index contributed by atoms with van der Waals surface area (Å²) in [5.74, 6) is 0. The van der Waals surface area contributed by atoms with Gasteiger partial charge < -0.3 is 48.7 Å². The van der Waals surface area contributed by atoms with E-state index in [1.807, 2.05) is 0 Å². The maximum Gasteiger partial charge on any atom is 0.0701 e. The van der Waals surface area contributed by atoms with Gasteiger partial charge in [0, 0.05) is 6.54 Å². The molecule has 0 aromatic rings. The van der Waals surface area contributed by atoms with Crippen LogP contribution in [-0.2, 0) is 37.9 Å². The first-order chi connectivity index (χ1) is 13.9. The van der Waals surface area contributed by atoms with Gasteiger partial charge >= 0.3 is 0 Å². The topological polar surface area (TPSA) is 120 Å². The number of aliphatic hydroxyl groups excluding tert-OH is 1. The Hall–Kier alpha value is -0.110. The standard InChI is InChI=1S/C18H39NO9.ClH/c19-1-3-21-5-7-23-9-11-25-13-15-27-17-18-28-16-14-26-12-10-24-8-6-22-4-2-20;/h20H,1-19H2;1H. The maximum atomic E-state index is 8.52. The monoisotopic (exact) mass is 449 g/mol. The summed E-state index contributed by atoms with van der Waals surface area (Å²) in [4.78, 5) is 0. The van der Waals surface area contributed by atoms with Gasteiger partial charge in [0.1, 0.15) is 0 Å². The highest BCUT2D eigenvalue weighted by Gasteiger charge is 1.94. The molecule has 0 rings (SSSR count). The molecule has 10 nitrogen and oxygen atoms in total.